The maximum absolute atomic E-state index is 10.3. The Morgan fingerprint density at radius 3 is 2.94 bits per heavy atom. The number of piperidine rings is 1. The van der Waals surface area contributed by atoms with Gasteiger partial charge in [-0.1, -0.05) is 36.2 Å². The molecule has 0 saturated carbocycles. The summed E-state index contributed by atoms with van der Waals surface area (Å²) in [4.78, 5) is 2.41. The molecular formula is C15H23NO. The molecule has 0 spiro atoms. The highest BCUT2D eigenvalue weighted by Crippen LogP contribution is 2.21. The van der Waals surface area contributed by atoms with Gasteiger partial charge in [0.1, 0.15) is 0 Å². The van der Waals surface area contributed by atoms with Crippen molar-refractivity contribution in [3.05, 3.63) is 35.4 Å². The number of β-amino-alcohol motifs (C(OH)–C–C–N with tert-alkyl or cyclic N) is 1. The molecule has 0 aromatic heterocycles. The zero-order valence-corrected chi connectivity index (χ0v) is 10.9. The summed E-state index contributed by atoms with van der Waals surface area (Å²) in [7, 11) is 0. The Hall–Kier alpha value is -0.860. The normalized spacial score (nSPS) is 23.6. The minimum atomic E-state index is -0.351. The molecule has 2 rings (SSSR count). The number of aliphatic hydroxyl groups is 1. The van der Waals surface area contributed by atoms with E-state index in [0.29, 0.717) is 6.04 Å². The topological polar surface area (TPSA) is 23.5 Å². The molecule has 1 aromatic rings. The van der Waals surface area contributed by atoms with Gasteiger partial charge in [-0.2, -0.15) is 0 Å². The van der Waals surface area contributed by atoms with E-state index in [1.54, 1.807) is 0 Å². The molecule has 1 fully saturated rings. The molecular weight excluding hydrogens is 210 g/mol. The minimum absolute atomic E-state index is 0.351. The lowest BCUT2D eigenvalue weighted by molar-refractivity contribution is 0.0732. The van der Waals surface area contributed by atoms with Crippen LogP contribution in [0.2, 0.25) is 0 Å². The van der Waals surface area contributed by atoms with Crippen LogP contribution in [0.25, 0.3) is 0 Å². The molecule has 0 amide bonds. The van der Waals surface area contributed by atoms with E-state index in [2.05, 4.69) is 30.9 Å². The van der Waals surface area contributed by atoms with Gasteiger partial charge in [-0.15, -0.1) is 0 Å². The first kappa shape index (κ1) is 12.6. The molecule has 2 atom stereocenters. The molecule has 0 radical (unpaired) electrons. The lowest BCUT2D eigenvalue weighted by Crippen LogP contribution is -2.40. The average molecular weight is 233 g/mol. The van der Waals surface area contributed by atoms with Crippen LogP contribution in [0.3, 0.4) is 0 Å². The summed E-state index contributed by atoms with van der Waals surface area (Å²) in [6.45, 7) is 6.23. The van der Waals surface area contributed by atoms with E-state index in [-0.39, 0.29) is 6.10 Å². The van der Waals surface area contributed by atoms with Crippen LogP contribution in [0.1, 0.15) is 43.4 Å². The van der Waals surface area contributed by atoms with E-state index >= 15 is 0 Å². The third-order valence-electron chi connectivity index (χ3n) is 3.77. The number of nitrogens with zero attached hydrogens (tertiary/aromatic N) is 1. The largest absolute Gasteiger partial charge is 0.387 e. The molecule has 1 aromatic carbocycles. The minimum Gasteiger partial charge on any atom is -0.387 e. The Morgan fingerprint density at radius 2 is 2.24 bits per heavy atom. The number of hydrogen-bond donors (Lipinski definition) is 1. The van der Waals surface area contributed by atoms with Crippen molar-refractivity contribution in [2.75, 3.05) is 13.1 Å². The molecule has 94 valence electrons. The molecule has 1 aliphatic heterocycles. The SMILES string of the molecule is Cc1cccc(C(O)CN2CCCCC2C)c1. The van der Waals surface area contributed by atoms with Gasteiger partial charge in [0.05, 0.1) is 6.10 Å². The van der Waals surface area contributed by atoms with Gasteiger partial charge in [0.25, 0.3) is 0 Å². The Kier molecular flexibility index (Phi) is 4.19. The zero-order chi connectivity index (χ0) is 12.3. The fourth-order valence-electron chi connectivity index (χ4n) is 2.63. The van der Waals surface area contributed by atoms with Gasteiger partial charge in [-0.3, -0.25) is 4.90 Å². The monoisotopic (exact) mass is 233 g/mol. The summed E-state index contributed by atoms with van der Waals surface area (Å²) in [5.74, 6) is 0. The molecule has 0 aliphatic carbocycles. The predicted octanol–water partition coefficient (Wildman–Crippen LogP) is 2.90. The van der Waals surface area contributed by atoms with Crippen molar-refractivity contribution in [3.8, 4) is 0 Å². The van der Waals surface area contributed by atoms with E-state index in [1.807, 2.05) is 12.1 Å². The van der Waals surface area contributed by atoms with Gasteiger partial charge in [0.2, 0.25) is 0 Å². The Bertz CT molecular complexity index is 364. The lowest BCUT2D eigenvalue weighted by atomic mass is 10.0. The Morgan fingerprint density at radius 1 is 1.41 bits per heavy atom. The van der Waals surface area contributed by atoms with E-state index in [9.17, 15) is 5.11 Å². The summed E-state index contributed by atoms with van der Waals surface area (Å²) < 4.78 is 0. The molecule has 1 heterocycles. The fraction of sp³-hybridized carbons (Fsp3) is 0.600. The predicted molar refractivity (Wildman–Crippen MR) is 71.0 cm³/mol. The van der Waals surface area contributed by atoms with Crippen LogP contribution >= 0.6 is 0 Å². The molecule has 17 heavy (non-hydrogen) atoms. The second-order valence-electron chi connectivity index (χ2n) is 5.27. The number of likely N-dealkylation sites (tertiary alicyclic amines) is 1. The summed E-state index contributed by atoms with van der Waals surface area (Å²) in [6, 6.07) is 8.81. The smallest absolute Gasteiger partial charge is 0.0917 e. The van der Waals surface area contributed by atoms with Gasteiger partial charge >= 0.3 is 0 Å². The van der Waals surface area contributed by atoms with E-state index < -0.39 is 0 Å². The van der Waals surface area contributed by atoms with E-state index in [0.717, 1.165) is 18.7 Å². The maximum atomic E-state index is 10.3. The quantitative estimate of drug-likeness (QED) is 0.867. The van der Waals surface area contributed by atoms with Crippen LogP contribution in [0.15, 0.2) is 24.3 Å². The first-order valence-corrected chi connectivity index (χ1v) is 6.65. The molecule has 2 unspecified atom stereocenters. The third-order valence-corrected chi connectivity index (χ3v) is 3.77. The summed E-state index contributed by atoms with van der Waals surface area (Å²) in [6.07, 6.45) is 3.51. The zero-order valence-electron chi connectivity index (χ0n) is 10.9. The Labute approximate surface area is 104 Å². The van der Waals surface area contributed by atoms with Crippen LogP contribution in [0, 0.1) is 6.92 Å². The van der Waals surface area contributed by atoms with Crippen LogP contribution in [-0.2, 0) is 0 Å². The highest BCUT2D eigenvalue weighted by atomic mass is 16.3. The molecule has 2 nitrogen and oxygen atoms in total. The van der Waals surface area contributed by atoms with Gasteiger partial charge in [-0.05, 0) is 38.8 Å². The first-order valence-electron chi connectivity index (χ1n) is 6.65. The number of benzene rings is 1. The molecule has 1 saturated heterocycles. The van der Waals surface area contributed by atoms with Crippen molar-refractivity contribution in [2.24, 2.45) is 0 Å². The van der Waals surface area contributed by atoms with Crippen molar-refractivity contribution in [3.63, 3.8) is 0 Å². The highest BCUT2D eigenvalue weighted by Gasteiger charge is 2.21. The van der Waals surface area contributed by atoms with E-state index in [1.165, 1.54) is 24.8 Å². The Balaban J connectivity index is 1.98. The molecule has 2 heteroatoms. The summed E-state index contributed by atoms with van der Waals surface area (Å²) in [5.41, 5.74) is 2.26. The van der Waals surface area contributed by atoms with Crippen molar-refractivity contribution in [2.45, 2.75) is 45.3 Å². The second-order valence-corrected chi connectivity index (χ2v) is 5.27. The molecule has 0 bridgehead atoms. The number of aryl methyl sites for hydroxylation is 1. The van der Waals surface area contributed by atoms with Crippen molar-refractivity contribution < 1.29 is 5.11 Å². The maximum Gasteiger partial charge on any atom is 0.0917 e. The summed E-state index contributed by atoms with van der Waals surface area (Å²) >= 11 is 0. The van der Waals surface area contributed by atoms with Gasteiger partial charge in [0, 0.05) is 12.6 Å². The number of hydrogen-bond acceptors (Lipinski definition) is 2. The van der Waals surface area contributed by atoms with Crippen molar-refractivity contribution in [1.82, 2.24) is 4.90 Å². The van der Waals surface area contributed by atoms with Crippen LogP contribution in [0.4, 0.5) is 0 Å². The van der Waals surface area contributed by atoms with Crippen molar-refractivity contribution in [1.29, 1.82) is 0 Å². The summed E-state index contributed by atoms with van der Waals surface area (Å²) in [5, 5.41) is 10.3. The standard InChI is InChI=1S/C15H23NO/c1-12-6-5-8-14(10-12)15(17)11-16-9-4-3-7-13(16)2/h5-6,8,10,13,15,17H,3-4,7,9,11H2,1-2H3. The van der Waals surface area contributed by atoms with Gasteiger partial charge in [-0.25, -0.2) is 0 Å². The second kappa shape index (κ2) is 5.65. The van der Waals surface area contributed by atoms with Crippen LogP contribution < -0.4 is 0 Å². The number of rotatable bonds is 3. The van der Waals surface area contributed by atoms with Gasteiger partial charge in [0.15, 0.2) is 0 Å². The third kappa shape index (κ3) is 3.30. The molecule has 1 N–H and O–H groups in total. The van der Waals surface area contributed by atoms with Crippen LogP contribution in [-0.4, -0.2) is 29.1 Å². The van der Waals surface area contributed by atoms with Gasteiger partial charge < -0.3 is 5.11 Å². The average Bonchev–Trinajstić information content (AvgIpc) is 2.32. The fourth-order valence-corrected chi connectivity index (χ4v) is 2.63. The highest BCUT2D eigenvalue weighted by molar-refractivity contribution is 5.24. The number of aliphatic hydroxyl groups excluding tert-OH is 1. The lowest BCUT2D eigenvalue weighted by Gasteiger charge is -2.34. The first-order chi connectivity index (χ1) is 8.16. The van der Waals surface area contributed by atoms with Crippen LogP contribution in [0.5, 0.6) is 0 Å². The van der Waals surface area contributed by atoms with E-state index in [4.69, 9.17) is 0 Å². The van der Waals surface area contributed by atoms with Crippen molar-refractivity contribution >= 4 is 0 Å². The molecule has 1 aliphatic rings.